The zero-order chi connectivity index (χ0) is 30.7. The number of rotatable bonds is 13. The van der Waals surface area contributed by atoms with Gasteiger partial charge in [-0.25, -0.2) is 13.8 Å². The minimum atomic E-state index is -4.07. The maximum atomic E-state index is 13.5. The van der Waals surface area contributed by atoms with Crippen LogP contribution in [0.5, 0.6) is 11.5 Å². The first-order valence-electron chi connectivity index (χ1n) is 13.5. The largest absolute Gasteiger partial charge is 0.494 e. The van der Waals surface area contributed by atoms with Crippen LogP contribution in [-0.4, -0.2) is 46.2 Å². The number of ether oxygens (including phenoxy) is 2. The lowest BCUT2D eigenvalue weighted by Gasteiger charge is -2.24. The Morgan fingerprint density at radius 3 is 2.09 bits per heavy atom. The van der Waals surface area contributed by atoms with Crippen molar-refractivity contribution >= 4 is 39.4 Å². The van der Waals surface area contributed by atoms with Gasteiger partial charge in [0.1, 0.15) is 18.0 Å². The Labute approximate surface area is 251 Å². The van der Waals surface area contributed by atoms with Crippen LogP contribution >= 0.6 is 0 Å². The van der Waals surface area contributed by atoms with Crippen molar-refractivity contribution in [3.63, 3.8) is 0 Å². The second-order valence-corrected chi connectivity index (χ2v) is 11.2. The molecule has 222 valence electrons. The number of para-hydroxylation sites is 1. The Morgan fingerprint density at radius 1 is 0.814 bits per heavy atom. The van der Waals surface area contributed by atoms with E-state index in [1.54, 1.807) is 72.8 Å². The molecule has 11 heteroatoms. The first-order valence-corrected chi connectivity index (χ1v) is 14.9. The van der Waals surface area contributed by atoms with Gasteiger partial charge in [-0.3, -0.25) is 13.9 Å². The molecule has 0 spiro atoms. The smallest absolute Gasteiger partial charge is 0.264 e. The number of sulfonamides is 1. The molecule has 4 rings (SSSR count). The molecule has 0 saturated carbocycles. The third-order valence-corrected chi connectivity index (χ3v) is 7.83. The number of carbonyl (C=O) groups is 2. The number of anilines is 2. The number of nitrogens with zero attached hydrogens (tertiary/aromatic N) is 2. The molecule has 2 amide bonds. The predicted molar refractivity (Wildman–Crippen MR) is 166 cm³/mol. The molecule has 0 aliphatic heterocycles. The molecule has 0 aliphatic rings. The average molecular weight is 601 g/mol. The molecular formula is C32H32N4O6S. The van der Waals surface area contributed by atoms with E-state index in [2.05, 4.69) is 15.8 Å². The van der Waals surface area contributed by atoms with Crippen LogP contribution in [0.25, 0.3) is 0 Å². The normalized spacial score (nSPS) is 11.1. The van der Waals surface area contributed by atoms with Gasteiger partial charge in [0.05, 0.1) is 23.4 Å². The molecule has 0 aliphatic carbocycles. The molecule has 0 saturated heterocycles. The predicted octanol–water partition coefficient (Wildman–Crippen LogP) is 4.76. The number of hydrazone groups is 1. The minimum Gasteiger partial charge on any atom is -0.494 e. The van der Waals surface area contributed by atoms with E-state index in [9.17, 15) is 18.0 Å². The Bertz CT molecular complexity index is 1640. The lowest BCUT2D eigenvalue weighted by Crippen LogP contribution is -2.39. The molecule has 0 radical (unpaired) electrons. The third kappa shape index (κ3) is 8.91. The quantitative estimate of drug-likeness (QED) is 0.168. The van der Waals surface area contributed by atoms with Crippen LogP contribution in [0.15, 0.2) is 113 Å². The molecular weight excluding hydrogens is 568 g/mol. The second-order valence-electron chi connectivity index (χ2n) is 9.32. The van der Waals surface area contributed by atoms with Crippen molar-refractivity contribution in [3.05, 3.63) is 114 Å². The zero-order valence-corrected chi connectivity index (χ0v) is 24.6. The Kier molecular flexibility index (Phi) is 10.5. The fourth-order valence-corrected chi connectivity index (χ4v) is 5.31. The van der Waals surface area contributed by atoms with E-state index < -0.39 is 22.5 Å². The van der Waals surface area contributed by atoms with E-state index in [4.69, 9.17) is 9.47 Å². The van der Waals surface area contributed by atoms with Crippen LogP contribution in [0.1, 0.15) is 18.1 Å². The Morgan fingerprint density at radius 2 is 1.44 bits per heavy atom. The fourth-order valence-electron chi connectivity index (χ4n) is 3.89. The molecule has 0 atom stereocenters. The summed E-state index contributed by atoms with van der Waals surface area (Å²) in [5.74, 6) is 0.144. The summed E-state index contributed by atoms with van der Waals surface area (Å²) < 4.78 is 39.1. The van der Waals surface area contributed by atoms with Crippen molar-refractivity contribution in [2.45, 2.75) is 18.7 Å². The second kappa shape index (κ2) is 14.6. The van der Waals surface area contributed by atoms with Crippen LogP contribution in [0.2, 0.25) is 0 Å². The lowest BCUT2D eigenvalue weighted by molar-refractivity contribution is -0.119. The Hall–Kier alpha value is -5.16. The summed E-state index contributed by atoms with van der Waals surface area (Å²) in [7, 11) is -4.07. The van der Waals surface area contributed by atoms with Gasteiger partial charge in [0.25, 0.3) is 21.8 Å². The van der Waals surface area contributed by atoms with Gasteiger partial charge >= 0.3 is 0 Å². The van der Waals surface area contributed by atoms with Crippen molar-refractivity contribution in [1.82, 2.24) is 5.43 Å². The number of hydrogen-bond acceptors (Lipinski definition) is 7. The van der Waals surface area contributed by atoms with Crippen LogP contribution in [0.4, 0.5) is 11.4 Å². The maximum absolute atomic E-state index is 13.5. The zero-order valence-electron chi connectivity index (χ0n) is 23.8. The average Bonchev–Trinajstić information content (AvgIpc) is 3.01. The summed E-state index contributed by atoms with van der Waals surface area (Å²) >= 11 is 0. The van der Waals surface area contributed by atoms with Gasteiger partial charge in [-0.2, -0.15) is 5.10 Å². The molecule has 0 unspecified atom stereocenters. The van der Waals surface area contributed by atoms with Gasteiger partial charge in [0.2, 0.25) is 0 Å². The van der Waals surface area contributed by atoms with E-state index in [1.165, 1.54) is 18.3 Å². The van der Waals surface area contributed by atoms with E-state index in [1.807, 2.05) is 32.0 Å². The number of carbonyl (C=O) groups excluding carboxylic acids is 2. The third-order valence-electron chi connectivity index (χ3n) is 6.04. The lowest BCUT2D eigenvalue weighted by atomic mass is 10.2. The Balaban J connectivity index is 1.37. The van der Waals surface area contributed by atoms with Crippen molar-refractivity contribution in [3.8, 4) is 11.5 Å². The summed E-state index contributed by atoms with van der Waals surface area (Å²) in [5.41, 5.74) is 4.93. The molecule has 2 N–H and O–H groups in total. The fraction of sp³-hybridized carbons (Fsp3) is 0.156. The monoisotopic (exact) mass is 600 g/mol. The van der Waals surface area contributed by atoms with Gasteiger partial charge in [-0.1, -0.05) is 35.9 Å². The molecule has 4 aromatic carbocycles. The highest BCUT2D eigenvalue weighted by Crippen LogP contribution is 2.26. The molecule has 4 aromatic rings. The number of aryl methyl sites for hydroxylation is 1. The first kappa shape index (κ1) is 30.8. The SMILES string of the molecule is CCOc1ccc(N(CC(=O)N/N=C\c2ccc(OCC(=O)Nc3ccccc3)cc2)S(=O)(=O)c2ccc(C)cc2)cc1. The summed E-state index contributed by atoms with van der Waals surface area (Å²) in [5, 5.41) is 6.71. The number of nitrogens with one attached hydrogen (secondary N) is 2. The topological polar surface area (TPSA) is 126 Å². The number of hydrogen-bond donors (Lipinski definition) is 2. The van der Waals surface area contributed by atoms with Crippen molar-refractivity contribution in [2.24, 2.45) is 5.10 Å². The summed E-state index contributed by atoms with van der Waals surface area (Å²) in [6.45, 7) is 3.52. The van der Waals surface area contributed by atoms with Gasteiger partial charge in [-0.05, 0) is 92.2 Å². The number of amides is 2. The number of benzene rings is 4. The van der Waals surface area contributed by atoms with Gasteiger partial charge in [0.15, 0.2) is 6.61 Å². The highest BCUT2D eigenvalue weighted by molar-refractivity contribution is 7.92. The molecule has 0 aromatic heterocycles. The summed E-state index contributed by atoms with van der Waals surface area (Å²) in [6.07, 6.45) is 1.42. The highest BCUT2D eigenvalue weighted by Gasteiger charge is 2.27. The maximum Gasteiger partial charge on any atom is 0.264 e. The molecule has 0 fully saturated rings. The van der Waals surface area contributed by atoms with Crippen LogP contribution < -0.4 is 24.5 Å². The summed E-state index contributed by atoms with van der Waals surface area (Å²) in [4.78, 5) is 25.0. The molecule has 10 nitrogen and oxygen atoms in total. The first-order chi connectivity index (χ1) is 20.7. The van der Waals surface area contributed by atoms with Crippen molar-refractivity contribution in [1.29, 1.82) is 0 Å². The standard InChI is InChI=1S/C32H32N4O6S/c1-3-41-28-17-13-27(14-18-28)36(43(39,40)30-19-9-24(2)10-20-30)22-31(37)35-33-21-25-11-15-29(16-12-25)42-23-32(38)34-26-7-5-4-6-8-26/h4-21H,3,22-23H2,1-2H3,(H,34,38)(H,35,37)/b33-21-. The van der Waals surface area contributed by atoms with Crippen molar-refractivity contribution < 1.29 is 27.5 Å². The van der Waals surface area contributed by atoms with Gasteiger partial charge in [-0.15, -0.1) is 0 Å². The van der Waals surface area contributed by atoms with E-state index in [-0.39, 0.29) is 17.4 Å². The molecule has 0 heterocycles. The van der Waals surface area contributed by atoms with E-state index >= 15 is 0 Å². The molecule has 0 bridgehead atoms. The summed E-state index contributed by atoms with van der Waals surface area (Å²) in [6, 6.07) is 28.7. The van der Waals surface area contributed by atoms with Crippen LogP contribution in [0, 0.1) is 6.92 Å². The highest BCUT2D eigenvalue weighted by atomic mass is 32.2. The van der Waals surface area contributed by atoms with Crippen LogP contribution in [0.3, 0.4) is 0 Å². The minimum absolute atomic E-state index is 0.0585. The van der Waals surface area contributed by atoms with E-state index in [0.29, 0.717) is 35.0 Å². The van der Waals surface area contributed by atoms with E-state index in [0.717, 1.165) is 9.87 Å². The van der Waals surface area contributed by atoms with Gasteiger partial charge < -0.3 is 14.8 Å². The van der Waals surface area contributed by atoms with Crippen molar-refractivity contribution in [2.75, 3.05) is 29.4 Å². The molecule has 43 heavy (non-hydrogen) atoms. The van der Waals surface area contributed by atoms with Gasteiger partial charge in [0, 0.05) is 5.69 Å². The van der Waals surface area contributed by atoms with Crippen LogP contribution in [-0.2, 0) is 19.6 Å².